The van der Waals surface area contributed by atoms with Gasteiger partial charge >= 0.3 is 0 Å². The summed E-state index contributed by atoms with van der Waals surface area (Å²) in [5, 5.41) is 10.4. The molecule has 0 aliphatic rings. The minimum Gasteiger partial charge on any atom is -0.494 e. The van der Waals surface area contributed by atoms with Crippen LogP contribution in [-0.2, 0) is 6.54 Å². The maximum absolute atomic E-state index is 13.2. The van der Waals surface area contributed by atoms with Gasteiger partial charge in [0.1, 0.15) is 17.2 Å². The van der Waals surface area contributed by atoms with Crippen LogP contribution in [0.2, 0.25) is 0 Å². The summed E-state index contributed by atoms with van der Waals surface area (Å²) in [6.45, 7) is 0.128. The number of nitrogens with zero attached hydrogens (tertiary/aromatic N) is 2. The van der Waals surface area contributed by atoms with E-state index in [9.17, 15) is 18.7 Å². The fourth-order valence-electron chi connectivity index (χ4n) is 2.31. The number of nitrogens with one attached hydrogen (secondary N) is 1. The Labute approximate surface area is 151 Å². The minimum atomic E-state index is -0.622. The van der Waals surface area contributed by atoms with Crippen molar-refractivity contribution in [1.29, 1.82) is 0 Å². The molecule has 0 aliphatic carbocycles. The third-order valence-corrected chi connectivity index (χ3v) is 3.93. The Morgan fingerprint density at radius 3 is 2.58 bits per heavy atom. The molecule has 0 fully saturated rings. The maximum Gasteiger partial charge on any atom is 0.264 e. The highest BCUT2D eigenvalue weighted by atomic mass is 32.1. The van der Waals surface area contributed by atoms with Gasteiger partial charge in [0.15, 0.2) is 4.77 Å². The molecule has 0 saturated heterocycles. The molecule has 0 amide bonds. The van der Waals surface area contributed by atoms with Gasteiger partial charge < -0.3 is 5.11 Å². The molecule has 1 aromatic heterocycles. The van der Waals surface area contributed by atoms with E-state index in [-0.39, 0.29) is 34.3 Å². The Balaban J connectivity index is 2.00. The second-order valence-electron chi connectivity index (χ2n) is 5.45. The summed E-state index contributed by atoms with van der Waals surface area (Å²) >= 11 is 5.09. The van der Waals surface area contributed by atoms with E-state index in [4.69, 9.17) is 12.2 Å². The van der Waals surface area contributed by atoms with Gasteiger partial charge in [-0.15, -0.1) is 0 Å². The van der Waals surface area contributed by atoms with Crippen LogP contribution in [0.1, 0.15) is 11.1 Å². The van der Waals surface area contributed by atoms with Crippen LogP contribution in [0.25, 0.3) is 0 Å². The summed E-state index contributed by atoms with van der Waals surface area (Å²) in [5.41, 5.74) is 0.224. The van der Waals surface area contributed by atoms with Gasteiger partial charge in [-0.1, -0.05) is 18.2 Å². The normalized spacial score (nSPS) is 11.2. The van der Waals surface area contributed by atoms with E-state index in [1.54, 1.807) is 18.2 Å². The van der Waals surface area contributed by atoms with Crippen molar-refractivity contribution in [3.8, 4) is 5.88 Å². The number of aromatic nitrogens is 2. The van der Waals surface area contributed by atoms with Gasteiger partial charge in [-0.3, -0.25) is 19.3 Å². The first-order chi connectivity index (χ1) is 12.4. The number of hydrogen-bond acceptors (Lipinski definition) is 4. The average molecular weight is 373 g/mol. The lowest BCUT2D eigenvalue weighted by Crippen LogP contribution is -2.19. The number of aromatic amines is 1. The van der Waals surface area contributed by atoms with Crippen molar-refractivity contribution in [3.05, 3.63) is 86.4 Å². The Bertz CT molecular complexity index is 1090. The van der Waals surface area contributed by atoms with E-state index >= 15 is 0 Å². The van der Waals surface area contributed by atoms with E-state index in [0.29, 0.717) is 5.56 Å². The highest BCUT2D eigenvalue weighted by Gasteiger charge is 2.11. The summed E-state index contributed by atoms with van der Waals surface area (Å²) in [6.07, 6.45) is 1.14. The van der Waals surface area contributed by atoms with Crippen molar-refractivity contribution in [1.82, 2.24) is 9.55 Å². The number of benzene rings is 2. The van der Waals surface area contributed by atoms with Crippen LogP contribution in [0.3, 0.4) is 0 Å². The van der Waals surface area contributed by atoms with Crippen molar-refractivity contribution < 1.29 is 13.9 Å². The largest absolute Gasteiger partial charge is 0.494 e. The Kier molecular flexibility index (Phi) is 5.04. The fourth-order valence-corrected chi connectivity index (χ4v) is 2.55. The van der Waals surface area contributed by atoms with Gasteiger partial charge in [-0.05, 0) is 48.1 Å². The van der Waals surface area contributed by atoms with Crippen LogP contribution in [0.5, 0.6) is 5.88 Å². The molecule has 2 N–H and O–H groups in total. The summed E-state index contributed by atoms with van der Waals surface area (Å²) in [5.74, 6) is -1.24. The molecule has 0 saturated carbocycles. The Hall–Kier alpha value is -3.13. The molecule has 8 heteroatoms. The van der Waals surface area contributed by atoms with Gasteiger partial charge in [-0.25, -0.2) is 8.78 Å². The minimum absolute atomic E-state index is 0.0136. The van der Waals surface area contributed by atoms with Crippen LogP contribution in [-0.4, -0.2) is 20.9 Å². The van der Waals surface area contributed by atoms with Crippen molar-refractivity contribution in [2.45, 2.75) is 6.54 Å². The van der Waals surface area contributed by atoms with E-state index < -0.39 is 11.4 Å². The van der Waals surface area contributed by atoms with Gasteiger partial charge in [0, 0.05) is 6.21 Å². The zero-order chi connectivity index (χ0) is 18.7. The standard InChI is InChI=1S/C18H13F2N3O2S/c19-12-6-4-11(5-7-12)10-23-17(25)15(16(24)22-18(23)26)9-21-14-3-1-2-13(20)8-14/h1-9,25H,10H2,(H,22,24,26). The molecule has 0 spiro atoms. The third-order valence-electron chi connectivity index (χ3n) is 3.61. The van der Waals surface area contributed by atoms with Crippen molar-refractivity contribution >= 4 is 24.1 Å². The van der Waals surface area contributed by atoms with Crippen LogP contribution in [0, 0.1) is 16.4 Å². The lowest BCUT2D eigenvalue weighted by molar-refractivity contribution is 0.411. The Morgan fingerprint density at radius 1 is 1.15 bits per heavy atom. The SMILES string of the molecule is O=c1[nH]c(=S)n(Cc2ccc(F)cc2)c(O)c1C=Nc1cccc(F)c1. The maximum atomic E-state index is 13.2. The van der Waals surface area contributed by atoms with Crippen molar-refractivity contribution in [2.24, 2.45) is 4.99 Å². The molecule has 5 nitrogen and oxygen atoms in total. The van der Waals surface area contributed by atoms with Crippen molar-refractivity contribution in [2.75, 3.05) is 0 Å². The zero-order valence-electron chi connectivity index (χ0n) is 13.3. The zero-order valence-corrected chi connectivity index (χ0v) is 14.1. The molecule has 3 rings (SSSR count). The molecule has 0 bridgehead atoms. The molecule has 0 atom stereocenters. The molecule has 1 heterocycles. The van der Waals surface area contributed by atoms with Crippen molar-refractivity contribution in [3.63, 3.8) is 0 Å². The number of halogens is 2. The van der Waals surface area contributed by atoms with Gasteiger partial charge in [-0.2, -0.15) is 0 Å². The molecular weight excluding hydrogens is 360 g/mol. The number of H-pyrrole nitrogens is 1. The van der Waals surface area contributed by atoms with Gasteiger partial charge in [0.25, 0.3) is 5.56 Å². The quantitative estimate of drug-likeness (QED) is 0.541. The van der Waals surface area contributed by atoms with Gasteiger partial charge in [0.2, 0.25) is 5.88 Å². The second kappa shape index (κ2) is 7.40. The highest BCUT2D eigenvalue weighted by Crippen LogP contribution is 2.17. The molecule has 2 aromatic carbocycles. The average Bonchev–Trinajstić information content (AvgIpc) is 2.60. The van der Waals surface area contributed by atoms with Crippen LogP contribution >= 0.6 is 12.2 Å². The number of aliphatic imine (C=N–C) groups is 1. The molecular formula is C18H13F2N3O2S. The molecule has 0 aliphatic heterocycles. The monoisotopic (exact) mass is 373 g/mol. The molecule has 26 heavy (non-hydrogen) atoms. The smallest absolute Gasteiger partial charge is 0.264 e. The first-order valence-corrected chi connectivity index (χ1v) is 7.95. The lowest BCUT2D eigenvalue weighted by Gasteiger charge is -2.11. The number of rotatable bonds is 4. The second-order valence-corrected chi connectivity index (χ2v) is 5.83. The van der Waals surface area contributed by atoms with E-state index in [1.807, 2.05) is 0 Å². The predicted octanol–water partition coefficient (Wildman–Crippen LogP) is 3.69. The summed E-state index contributed by atoms with van der Waals surface area (Å²) < 4.78 is 27.5. The number of hydrogen-bond donors (Lipinski definition) is 2. The van der Waals surface area contributed by atoms with Crippen LogP contribution < -0.4 is 5.56 Å². The topological polar surface area (TPSA) is 70.4 Å². The molecule has 132 valence electrons. The third kappa shape index (κ3) is 3.92. The Morgan fingerprint density at radius 2 is 1.88 bits per heavy atom. The summed E-state index contributed by atoms with van der Waals surface area (Å²) in [7, 11) is 0. The summed E-state index contributed by atoms with van der Waals surface area (Å²) in [6, 6.07) is 11.2. The molecule has 3 aromatic rings. The van der Waals surface area contributed by atoms with E-state index in [1.165, 1.54) is 34.9 Å². The fraction of sp³-hybridized carbons (Fsp3) is 0.0556. The lowest BCUT2D eigenvalue weighted by atomic mass is 10.2. The number of aromatic hydroxyl groups is 1. The summed E-state index contributed by atoms with van der Waals surface area (Å²) in [4.78, 5) is 18.5. The first kappa shape index (κ1) is 17.7. The first-order valence-electron chi connectivity index (χ1n) is 7.54. The van der Waals surface area contributed by atoms with Gasteiger partial charge in [0.05, 0.1) is 12.2 Å². The highest BCUT2D eigenvalue weighted by molar-refractivity contribution is 7.71. The van der Waals surface area contributed by atoms with Crippen LogP contribution in [0.4, 0.5) is 14.5 Å². The van der Waals surface area contributed by atoms with E-state index in [0.717, 1.165) is 6.21 Å². The van der Waals surface area contributed by atoms with E-state index in [2.05, 4.69) is 9.98 Å². The molecule has 0 unspecified atom stereocenters. The predicted molar refractivity (Wildman–Crippen MR) is 96.7 cm³/mol. The molecule has 0 radical (unpaired) electrons. The van der Waals surface area contributed by atoms with Crippen LogP contribution in [0.15, 0.2) is 58.3 Å².